The standard InChI is InChI=1S/C19H25N7O3/c1-13-17(19(27)24-15(11-22-28)10-21-25-20)26-9-5-8-16(18(26)23-13)29-12-14-6-3-2-4-7-14/h5,8-9,14-15H,2-4,6-7,10-12H2,1H3,(H,24,27)/t15-/m1/s1. The van der Waals surface area contributed by atoms with Crippen LogP contribution in [0, 0.1) is 17.7 Å². The molecule has 1 aliphatic rings. The van der Waals surface area contributed by atoms with E-state index >= 15 is 0 Å². The van der Waals surface area contributed by atoms with E-state index in [4.69, 9.17) is 10.3 Å². The number of carbonyl (C=O) groups excluding carboxylic acids is 1. The molecule has 2 aromatic heterocycles. The van der Waals surface area contributed by atoms with Crippen molar-refractivity contribution < 1.29 is 9.53 Å². The molecule has 2 aromatic rings. The lowest BCUT2D eigenvalue weighted by molar-refractivity contribution is 0.0933. The van der Waals surface area contributed by atoms with Crippen molar-refractivity contribution in [1.82, 2.24) is 14.7 Å². The zero-order valence-electron chi connectivity index (χ0n) is 16.5. The summed E-state index contributed by atoms with van der Waals surface area (Å²) in [6, 6.07) is 2.99. The lowest BCUT2D eigenvalue weighted by Gasteiger charge is -2.21. The van der Waals surface area contributed by atoms with Gasteiger partial charge in [-0.3, -0.25) is 9.20 Å². The molecule has 0 radical (unpaired) electrons. The summed E-state index contributed by atoms with van der Waals surface area (Å²) in [7, 11) is 0. The van der Waals surface area contributed by atoms with E-state index in [-0.39, 0.29) is 13.1 Å². The van der Waals surface area contributed by atoms with Gasteiger partial charge in [0.15, 0.2) is 11.4 Å². The Kier molecular flexibility index (Phi) is 7.02. The van der Waals surface area contributed by atoms with Crippen LogP contribution in [0.5, 0.6) is 5.75 Å². The number of rotatable bonds is 9. The molecule has 3 rings (SSSR count). The molecule has 0 saturated heterocycles. The van der Waals surface area contributed by atoms with Crippen LogP contribution in [0.25, 0.3) is 16.1 Å². The third-order valence-corrected chi connectivity index (χ3v) is 5.20. The summed E-state index contributed by atoms with van der Waals surface area (Å²) in [5.74, 6) is 0.779. The van der Waals surface area contributed by atoms with Crippen LogP contribution in [0.2, 0.25) is 0 Å². The zero-order chi connectivity index (χ0) is 20.6. The number of nitroso groups, excluding NO2 is 1. The number of hydrogen-bond donors (Lipinski definition) is 1. The van der Waals surface area contributed by atoms with E-state index in [2.05, 4.69) is 25.5 Å². The first-order valence-corrected chi connectivity index (χ1v) is 9.85. The van der Waals surface area contributed by atoms with Crippen molar-refractivity contribution in [3.8, 4) is 5.75 Å². The second-order valence-electron chi connectivity index (χ2n) is 7.32. The number of carbonyl (C=O) groups is 1. The lowest BCUT2D eigenvalue weighted by atomic mass is 9.90. The molecule has 0 aliphatic heterocycles. The van der Waals surface area contributed by atoms with Crippen LogP contribution in [0.1, 0.15) is 48.3 Å². The van der Waals surface area contributed by atoms with E-state index in [9.17, 15) is 9.70 Å². The maximum Gasteiger partial charge on any atom is 0.270 e. The first-order chi connectivity index (χ1) is 14.1. The highest BCUT2D eigenvalue weighted by atomic mass is 16.5. The second kappa shape index (κ2) is 9.88. The fourth-order valence-electron chi connectivity index (χ4n) is 3.73. The van der Waals surface area contributed by atoms with Gasteiger partial charge in [-0.1, -0.05) is 29.6 Å². The number of aryl methyl sites for hydroxylation is 1. The summed E-state index contributed by atoms with van der Waals surface area (Å²) in [5.41, 5.74) is 9.93. The van der Waals surface area contributed by atoms with Gasteiger partial charge in [0.25, 0.3) is 5.91 Å². The fraction of sp³-hybridized carbons (Fsp3) is 0.579. The Morgan fingerprint density at radius 1 is 1.41 bits per heavy atom. The Balaban J connectivity index is 1.79. The highest BCUT2D eigenvalue weighted by Gasteiger charge is 2.22. The van der Waals surface area contributed by atoms with Gasteiger partial charge < -0.3 is 10.1 Å². The number of hydrogen-bond acceptors (Lipinski definition) is 6. The van der Waals surface area contributed by atoms with E-state index in [1.165, 1.54) is 32.1 Å². The van der Waals surface area contributed by atoms with Gasteiger partial charge in [0.05, 0.1) is 18.3 Å². The van der Waals surface area contributed by atoms with Crippen LogP contribution in [-0.2, 0) is 0 Å². The van der Waals surface area contributed by atoms with Gasteiger partial charge in [0.2, 0.25) is 0 Å². The van der Waals surface area contributed by atoms with Crippen LogP contribution in [-0.4, -0.2) is 41.0 Å². The molecule has 0 bridgehead atoms. The zero-order valence-corrected chi connectivity index (χ0v) is 16.5. The molecule has 1 atom stereocenters. The van der Waals surface area contributed by atoms with E-state index in [0.29, 0.717) is 35.3 Å². The Labute approximate surface area is 168 Å². The number of nitrogens with zero attached hydrogens (tertiary/aromatic N) is 6. The summed E-state index contributed by atoms with van der Waals surface area (Å²) in [6.07, 6.45) is 7.90. The van der Waals surface area contributed by atoms with Crippen LogP contribution < -0.4 is 10.1 Å². The van der Waals surface area contributed by atoms with Crippen molar-refractivity contribution >= 4 is 11.6 Å². The van der Waals surface area contributed by atoms with Crippen molar-refractivity contribution in [3.63, 3.8) is 0 Å². The van der Waals surface area contributed by atoms with Crippen molar-refractivity contribution in [2.75, 3.05) is 19.7 Å². The predicted molar refractivity (Wildman–Crippen MR) is 108 cm³/mol. The van der Waals surface area contributed by atoms with Crippen molar-refractivity contribution in [2.24, 2.45) is 16.2 Å². The second-order valence-corrected chi connectivity index (χ2v) is 7.32. The lowest BCUT2D eigenvalue weighted by Crippen LogP contribution is -2.39. The number of ether oxygens (including phenoxy) is 1. The maximum atomic E-state index is 12.8. The molecular weight excluding hydrogens is 374 g/mol. The molecule has 1 aliphatic carbocycles. The molecule has 1 N–H and O–H groups in total. The Morgan fingerprint density at radius 2 is 2.21 bits per heavy atom. The van der Waals surface area contributed by atoms with E-state index in [0.717, 1.165) is 0 Å². The number of fused-ring (bicyclic) bond motifs is 1. The molecular formula is C19H25N7O3. The third-order valence-electron chi connectivity index (χ3n) is 5.20. The highest BCUT2D eigenvalue weighted by Crippen LogP contribution is 2.27. The van der Waals surface area contributed by atoms with Crippen molar-refractivity contribution in [3.05, 3.63) is 45.1 Å². The Bertz CT molecular complexity index is 914. The topological polar surface area (TPSA) is 134 Å². The molecule has 0 unspecified atom stereocenters. The van der Waals surface area contributed by atoms with Gasteiger partial charge in [0, 0.05) is 17.7 Å². The minimum atomic E-state index is -0.674. The molecule has 2 heterocycles. The number of amides is 1. The predicted octanol–water partition coefficient (Wildman–Crippen LogP) is 3.78. The molecule has 0 spiro atoms. The van der Waals surface area contributed by atoms with Gasteiger partial charge in [-0.05, 0) is 43.3 Å². The van der Waals surface area contributed by atoms with Gasteiger partial charge >= 0.3 is 0 Å². The maximum absolute atomic E-state index is 12.8. The summed E-state index contributed by atoms with van der Waals surface area (Å²) in [4.78, 5) is 30.6. The van der Waals surface area contributed by atoms with Gasteiger partial charge in [-0.2, -0.15) is 4.91 Å². The first kappa shape index (κ1) is 20.6. The number of pyridine rings is 1. The quantitative estimate of drug-likeness (QED) is 0.297. The number of azide groups is 1. The Morgan fingerprint density at radius 3 is 2.93 bits per heavy atom. The largest absolute Gasteiger partial charge is 0.489 e. The molecule has 10 nitrogen and oxygen atoms in total. The molecule has 0 aromatic carbocycles. The van der Waals surface area contributed by atoms with Crippen molar-refractivity contribution in [1.29, 1.82) is 0 Å². The molecule has 1 saturated carbocycles. The smallest absolute Gasteiger partial charge is 0.270 e. The fourth-order valence-corrected chi connectivity index (χ4v) is 3.73. The molecule has 1 amide bonds. The van der Waals surface area contributed by atoms with Gasteiger partial charge in [-0.15, -0.1) is 0 Å². The van der Waals surface area contributed by atoms with E-state index in [1.807, 2.05) is 12.1 Å². The highest BCUT2D eigenvalue weighted by molar-refractivity contribution is 5.95. The average Bonchev–Trinajstić information content (AvgIpc) is 3.07. The molecule has 154 valence electrons. The summed E-state index contributed by atoms with van der Waals surface area (Å²) in [5, 5.41) is 8.91. The van der Waals surface area contributed by atoms with Crippen LogP contribution in [0.15, 0.2) is 28.6 Å². The van der Waals surface area contributed by atoms with E-state index < -0.39 is 11.9 Å². The summed E-state index contributed by atoms with van der Waals surface area (Å²) < 4.78 is 7.73. The number of aromatic nitrogens is 2. The van der Waals surface area contributed by atoms with Crippen LogP contribution in [0.4, 0.5) is 0 Å². The minimum Gasteiger partial charge on any atom is -0.489 e. The first-order valence-electron chi connectivity index (χ1n) is 9.85. The summed E-state index contributed by atoms with van der Waals surface area (Å²) in [6.45, 7) is 2.15. The third kappa shape index (κ3) is 5.03. The molecule has 29 heavy (non-hydrogen) atoms. The van der Waals surface area contributed by atoms with Gasteiger partial charge in [-0.25, -0.2) is 4.98 Å². The van der Waals surface area contributed by atoms with Gasteiger partial charge in [0.1, 0.15) is 12.2 Å². The Hall–Kier alpha value is -3.13. The number of imidazole rings is 1. The van der Waals surface area contributed by atoms with E-state index in [1.54, 1.807) is 17.5 Å². The van der Waals surface area contributed by atoms with Crippen LogP contribution >= 0.6 is 0 Å². The SMILES string of the molecule is Cc1nc2c(OCC3CCCCC3)cccn2c1C(=O)N[C@@H](CN=O)CN=[N+]=[N-]. The van der Waals surface area contributed by atoms with Crippen molar-refractivity contribution in [2.45, 2.75) is 45.1 Å². The average molecular weight is 399 g/mol. The minimum absolute atomic E-state index is 0.0560. The number of nitrogens with one attached hydrogen (secondary N) is 1. The monoisotopic (exact) mass is 399 g/mol. The normalized spacial score (nSPS) is 15.5. The molecule has 10 heteroatoms. The molecule has 1 fully saturated rings. The van der Waals surface area contributed by atoms with Crippen LogP contribution in [0.3, 0.4) is 0 Å². The summed E-state index contributed by atoms with van der Waals surface area (Å²) >= 11 is 0.